The van der Waals surface area contributed by atoms with Crippen LogP contribution in [-0.2, 0) is 16.1 Å². The molecule has 0 radical (unpaired) electrons. The first-order valence-electron chi connectivity index (χ1n) is 12.2. The molecule has 3 amide bonds. The van der Waals surface area contributed by atoms with Crippen LogP contribution in [0, 0.1) is 35.5 Å². The van der Waals surface area contributed by atoms with Crippen molar-refractivity contribution in [3.05, 3.63) is 46.2 Å². The van der Waals surface area contributed by atoms with E-state index in [1.807, 2.05) is 19.9 Å². The van der Waals surface area contributed by atoms with E-state index in [1.54, 1.807) is 25.3 Å². The van der Waals surface area contributed by atoms with Crippen LogP contribution >= 0.6 is 11.3 Å². The Kier molecular flexibility index (Phi) is 5.24. The van der Waals surface area contributed by atoms with Crippen molar-refractivity contribution >= 4 is 39.3 Å². The summed E-state index contributed by atoms with van der Waals surface area (Å²) in [6.07, 6.45) is 1.16. The monoisotopic (exact) mass is 535 g/mol. The van der Waals surface area contributed by atoms with Gasteiger partial charge < -0.3 is 4.90 Å². The number of halogens is 2. The Morgan fingerprint density at radius 3 is 2.55 bits per heavy atom. The minimum Gasteiger partial charge on any atom is -0.332 e. The number of hydrogen-bond donors (Lipinski definition) is 0. The predicted molar refractivity (Wildman–Crippen MR) is 134 cm³/mol. The summed E-state index contributed by atoms with van der Waals surface area (Å²) in [5, 5.41) is 9.55. The molecule has 38 heavy (non-hydrogen) atoms. The average molecular weight is 536 g/mol. The van der Waals surface area contributed by atoms with E-state index >= 15 is 0 Å². The molecule has 2 aliphatic heterocycles. The van der Waals surface area contributed by atoms with Crippen LogP contribution in [0.1, 0.15) is 46.9 Å². The molecule has 3 aromatic rings. The smallest absolute Gasteiger partial charge is 0.267 e. The lowest BCUT2D eigenvalue weighted by atomic mass is 9.97. The topological polar surface area (TPSA) is 107 Å². The lowest BCUT2D eigenvalue weighted by molar-refractivity contribution is -0.143. The number of rotatable bonds is 4. The fraction of sp³-hybridized carbons (Fsp3) is 0.407. The Hall–Kier alpha value is -3.78. The van der Waals surface area contributed by atoms with Crippen LogP contribution in [0.3, 0.4) is 0 Å². The summed E-state index contributed by atoms with van der Waals surface area (Å²) in [7, 11) is 0. The molecule has 0 aromatic carbocycles. The number of nitriles is 1. The van der Waals surface area contributed by atoms with Gasteiger partial charge in [0, 0.05) is 35.2 Å². The van der Waals surface area contributed by atoms with Gasteiger partial charge in [0.05, 0.1) is 46.4 Å². The molecule has 5 heterocycles. The van der Waals surface area contributed by atoms with Gasteiger partial charge in [-0.2, -0.15) is 5.26 Å². The summed E-state index contributed by atoms with van der Waals surface area (Å²) >= 11 is 1.34. The van der Waals surface area contributed by atoms with E-state index in [0.717, 1.165) is 9.78 Å². The van der Waals surface area contributed by atoms with Gasteiger partial charge in [0.2, 0.25) is 11.8 Å². The zero-order valence-corrected chi connectivity index (χ0v) is 21.7. The van der Waals surface area contributed by atoms with Gasteiger partial charge in [-0.05, 0) is 30.5 Å². The lowest BCUT2D eigenvalue weighted by Crippen LogP contribution is -2.35. The van der Waals surface area contributed by atoms with Crippen LogP contribution in [-0.4, -0.2) is 56.5 Å². The van der Waals surface area contributed by atoms with Crippen molar-refractivity contribution in [2.75, 3.05) is 13.1 Å². The maximum absolute atomic E-state index is 13.9. The van der Waals surface area contributed by atoms with Crippen molar-refractivity contribution in [2.24, 2.45) is 17.3 Å². The minimum atomic E-state index is -2.95. The SMILES string of the molecule is Cc1nc(C#N)cc(-c2ccnc3cc(CN4C(=O)C5C(C4=O)C5(C)C)sc23)c1C(=O)N1CCC(F)(F)C1. The second kappa shape index (κ2) is 8.11. The van der Waals surface area contributed by atoms with Crippen LogP contribution < -0.4 is 0 Å². The first-order chi connectivity index (χ1) is 17.9. The summed E-state index contributed by atoms with van der Waals surface area (Å²) in [5.74, 6) is -4.37. The van der Waals surface area contributed by atoms with Crippen molar-refractivity contribution in [2.45, 2.75) is 39.7 Å². The minimum absolute atomic E-state index is 0.0731. The number of piperidine rings is 1. The third kappa shape index (κ3) is 3.61. The summed E-state index contributed by atoms with van der Waals surface area (Å²) in [5.41, 5.74) is 1.85. The number of alkyl halides is 2. The van der Waals surface area contributed by atoms with E-state index in [-0.39, 0.29) is 59.1 Å². The van der Waals surface area contributed by atoms with E-state index in [1.165, 1.54) is 22.3 Å². The molecular weight excluding hydrogens is 512 g/mol. The third-order valence-corrected chi connectivity index (χ3v) is 9.09. The zero-order chi connectivity index (χ0) is 27.1. The van der Waals surface area contributed by atoms with E-state index in [4.69, 9.17) is 0 Å². The number of likely N-dealkylation sites (tertiary alicyclic amines) is 2. The molecule has 6 rings (SSSR count). The Morgan fingerprint density at radius 2 is 1.92 bits per heavy atom. The summed E-state index contributed by atoms with van der Waals surface area (Å²) in [6, 6.07) is 7.01. The van der Waals surface area contributed by atoms with Crippen molar-refractivity contribution < 1.29 is 23.2 Å². The van der Waals surface area contributed by atoms with Gasteiger partial charge in [0.25, 0.3) is 11.8 Å². The number of fused-ring (bicyclic) bond motifs is 2. The Labute approximate surface area is 220 Å². The highest BCUT2D eigenvalue weighted by Crippen LogP contribution is 2.63. The van der Waals surface area contributed by atoms with Gasteiger partial charge in [-0.3, -0.25) is 24.3 Å². The molecule has 8 nitrogen and oxygen atoms in total. The van der Waals surface area contributed by atoms with Crippen LogP contribution in [0.25, 0.3) is 21.3 Å². The van der Waals surface area contributed by atoms with Crippen molar-refractivity contribution in [3.8, 4) is 17.2 Å². The standard InChI is InChI=1S/C27H23F2N5O3S/c1-13-19(23(35)33-7-5-27(28,29)12-33)17(8-14(10-30)32-13)16-4-6-31-18-9-15(38-22(16)18)11-34-24(36)20-21(25(34)37)26(20,2)3/h4,6,8-9,20-21H,5,7,11-12H2,1-3H3. The molecule has 11 heteroatoms. The Bertz CT molecular complexity index is 1580. The van der Waals surface area contributed by atoms with Gasteiger partial charge in [-0.15, -0.1) is 11.3 Å². The average Bonchev–Trinajstić information content (AvgIpc) is 3.20. The number of nitrogens with zero attached hydrogens (tertiary/aromatic N) is 5. The summed E-state index contributed by atoms with van der Waals surface area (Å²) in [6.45, 7) is 4.83. The molecule has 3 aromatic heterocycles. The third-order valence-electron chi connectivity index (χ3n) is 7.94. The fourth-order valence-electron chi connectivity index (χ4n) is 5.87. The number of imide groups is 1. The number of hydrogen-bond acceptors (Lipinski definition) is 7. The van der Waals surface area contributed by atoms with Gasteiger partial charge >= 0.3 is 0 Å². The molecule has 1 saturated carbocycles. The molecular formula is C27H23F2N5O3S. The highest BCUT2D eigenvalue weighted by atomic mass is 32.1. The zero-order valence-electron chi connectivity index (χ0n) is 20.9. The normalized spacial score (nSPS) is 23.2. The van der Waals surface area contributed by atoms with E-state index in [2.05, 4.69) is 9.97 Å². The molecule has 1 aliphatic carbocycles. The Balaban J connectivity index is 1.40. The van der Waals surface area contributed by atoms with Crippen LogP contribution in [0.15, 0.2) is 24.4 Å². The van der Waals surface area contributed by atoms with Crippen LogP contribution in [0.4, 0.5) is 8.78 Å². The maximum Gasteiger partial charge on any atom is 0.267 e. The highest BCUT2D eigenvalue weighted by molar-refractivity contribution is 7.19. The molecule has 2 atom stereocenters. The first kappa shape index (κ1) is 24.6. The number of pyridine rings is 2. The molecule has 2 saturated heterocycles. The molecule has 0 bridgehead atoms. The second-order valence-electron chi connectivity index (χ2n) is 10.8. The highest BCUT2D eigenvalue weighted by Gasteiger charge is 2.72. The maximum atomic E-state index is 13.9. The number of aromatic nitrogens is 2. The van der Waals surface area contributed by atoms with Gasteiger partial charge in [-0.25, -0.2) is 13.8 Å². The molecule has 3 fully saturated rings. The number of aryl methyl sites for hydroxylation is 1. The number of carbonyl (C=O) groups is 3. The molecule has 0 spiro atoms. The van der Waals surface area contributed by atoms with Gasteiger partial charge in [0.1, 0.15) is 11.8 Å². The second-order valence-corrected chi connectivity index (χ2v) is 11.9. The largest absolute Gasteiger partial charge is 0.332 e. The fourth-order valence-corrected chi connectivity index (χ4v) is 7.00. The van der Waals surface area contributed by atoms with E-state index < -0.39 is 24.8 Å². The molecule has 2 unspecified atom stereocenters. The number of amides is 3. The first-order valence-corrected chi connectivity index (χ1v) is 13.1. The van der Waals surface area contributed by atoms with Crippen LogP contribution in [0.2, 0.25) is 0 Å². The lowest BCUT2D eigenvalue weighted by Gasteiger charge is -2.20. The van der Waals surface area contributed by atoms with Gasteiger partial charge in [-0.1, -0.05) is 13.8 Å². The van der Waals surface area contributed by atoms with Crippen molar-refractivity contribution in [1.82, 2.24) is 19.8 Å². The molecule has 3 aliphatic rings. The number of carbonyl (C=O) groups excluding carboxylic acids is 3. The van der Waals surface area contributed by atoms with E-state index in [9.17, 15) is 28.4 Å². The predicted octanol–water partition coefficient (Wildman–Crippen LogP) is 4.16. The molecule has 194 valence electrons. The quantitative estimate of drug-likeness (QED) is 0.465. The van der Waals surface area contributed by atoms with Crippen molar-refractivity contribution in [1.29, 1.82) is 5.26 Å². The van der Waals surface area contributed by atoms with Crippen molar-refractivity contribution in [3.63, 3.8) is 0 Å². The molecule has 0 N–H and O–H groups in total. The van der Waals surface area contributed by atoms with Crippen LogP contribution in [0.5, 0.6) is 0 Å². The summed E-state index contributed by atoms with van der Waals surface area (Å²) in [4.78, 5) is 51.0. The summed E-state index contributed by atoms with van der Waals surface area (Å²) < 4.78 is 28.5. The Morgan fingerprint density at radius 1 is 1.21 bits per heavy atom. The van der Waals surface area contributed by atoms with E-state index in [0.29, 0.717) is 21.3 Å². The number of thiophene rings is 1. The van der Waals surface area contributed by atoms with Gasteiger partial charge in [0.15, 0.2) is 0 Å².